The number of halogens is 1. The van der Waals surface area contributed by atoms with Crippen LogP contribution in [-0.2, 0) is 0 Å². The van der Waals surface area contributed by atoms with E-state index in [-0.39, 0.29) is 12.4 Å². The summed E-state index contributed by atoms with van der Waals surface area (Å²) in [6, 6.07) is 12.2. The van der Waals surface area contributed by atoms with E-state index in [1.54, 1.807) is 0 Å². The molecule has 0 spiro atoms. The fourth-order valence-corrected chi connectivity index (χ4v) is 4.35. The van der Waals surface area contributed by atoms with Crippen molar-refractivity contribution in [2.45, 2.75) is 45.7 Å². The predicted octanol–water partition coefficient (Wildman–Crippen LogP) is 3.57. The highest BCUT2D eigenvalue weighted by atomic mass is 35.5. The van der Waals surface area contributed by atoms with Crippen LogP contribution in [0.1, 0.15) is 45.2 Å². The summed E-state index contributed by atoms with van der Waals surface area (Å²) >= 11 is 0. The number of nitrogens with one attached hydrogen (secondary N) is 1. The second-order valence-corrected chi connectivity index (χ2v) is 7.82. The number of likely N-dealkylation sites (N-methyl/N-ethyl adjacent to an activating group) is 1. The Morgan fingerprint density at radius 2 is 2.08 bits per heavy atom. The fraction of sp³-hybridized carbons (Fsp3) is 0.700. The molecule has 24 heavy (non-hydrogen) atoms. The number of hydrogen-bond acceptors (Lipinski definition) is 3. The Morgan fingerprint density at radius 1 is 1.33 bits per heavy atom. The molecule has 136 valence electrons. The molecular weight excluding hydrogens is 318 g/mol. The highest BCUT2D eigenvalue weighted by Crippen LogP contribution is 2.30. The molecule has 0 aliphatic carbocycles. The Morgan fingerprint density at radius 3 is 2.71 bits per heavy atom. The van der Waals surface area contributed by atoms with Crippen LogP contribution in [0.5, 0.6) is 0 Å². The average Bonchev–Trinajstić information content (AvgIpc) is 3.22. The molecule has 0 bridgehead atoms. The van der Waals surface area contributed by atoms with Crippen LogP contribution in [0.4, 0.5) is 0 Å². The van der Waals surface area contributed by atoms with Crippen LogP contribution in [-0.4, -0.2) is 55.1 Å². The summed E-state index contributed by atoms with van der Waals surface area (Å²) < 4.78 is 0. The van der Waals surface area contributed by atoms with Crippen molar-refractivity contribution >= 4 is 12.4 Å². The maximum absolute atomic E-state index is 3.54. The first-order valence-electron chi connectivity index (χ1n) is 9.35. The molecule has 1 aromatic rings. The Labute approximate surface area is 154 Å². The molecule has 2 fully saturated rings. The van der Waals surface area contributed by atoms with Crippen LogP contribution in [0.25, 0.3) is 0 Å². The molecule has 2 saturated heterocycles. The summed E-state index contributed by atoms with van der Waals surface area (Å²) in [4.78, 5) is 5.41. The number of likely N-dealkylation sites (tertiary alicyclic amines) is 1. The normalized spacial score (nSPS) is 28.9. The minimum absolute atomic E-state index is 0. The van der Waals surface area contributed by atoms with Gasteiger partial charge in [-0.05, 0) is 43.8 Å². The van der Waals surface area contributed by atoms with Gasteiger partial charge in [-0.25, -0.2) is 0 Å². The van der Waals surface area contributed by atoms with Crippen molar-refractivity contribution in [1.29, 1.82) is 0 Å². The zero-order valence-corrected chi connectivity index (χ0v) is 16.3. The highest BCUT2D eigenvalue weighted by Gasteiger charge is 2.35. The second kappa shape index (κ2) is 8.66. The fourth-order valence-electron chi connectivity index (χ4n) is 4.35. The molecule has 0 radical (unpaired) electrons. The summed E-state index contributed by atoms with van der Waals surface area (Å²) in [6.45, 7) is 14.4. The highest BCUT2D eigenvalue weighted by molar-refractivity contribution is 5.85. The third kappa shape index (κ3) is 4.51. The van der Waals surface area contributed by atoms with E-state index in [9.17, 15) is 0 Å². The number of benzene rings is 1. The molecule has 0 amide bonds. The van der Waals surface area contributed by atoms with Crippen molar-refractivity contribution in [3.63, 3.8) is 0 Å². The second-order valence-electron chi connectivity index (χ2n) is 7.82. The molecule has 0 saturated carbocycles. The van der Waals surface area contributed by atoms with E-state index in [1.165, 1.54) is 57.7 Å². The molecule has 3 atom stereocenters. The largest absolute Gasteiger partial charge is 0.316 e. The van der Waals surface area contributed by atoms with Crippen molar-refractivity contribution in [3.8, 4) is 0 Å². The first-order chi connectivity index (χ1) is 11.1. The van der Waals surface area contributed by atoms with Gasteiger partial charge in [0.1, 0.15) is 0 Å². The lowest BCUT2D eigenvalue weighted by Gasteiger charge is -2.35. The van der Waals surface area contributed by atoms with Crippen LogP contribution < -0.4 is 5.32 Å². The molecule has 4 heteroatoms. The lowest BCUT2D eigenvalue weighted by molar-refractivity contribution is 0.130. The standard InChI is InChI=1S/C20H33N3.ClH/c1-4-22(16-20(3)11-12-21-15-20)19-10-13-23(14-19)17(2)18-8-6-5-7-9-18;/h5-9,17,19,21H,4,10-16H2,1-3H3;1H. The third-order valence-corrected chi connectivity index (χ3v) is 5.99. The smallest absolute Gasteiger partial charge is 0.0320 e. The summed E-state index contributed by atoms with van der Waals surface area (Å²) in [5.74, 6) is 0. The lowest BCUT2D eigenvalue weighted by Crippen LogP contribution is -2.44. The van der Waals surface area contributed by atoms with E-state index in [0.717, 1.165) is 6.04 Å². The molecule has 1 aromatic carbocycles. The maximum atomic E-state index is 3.54. The summed E-state index contributed by atoms with van der Waals surface area (Å²) in [5, 5.41) is 3.54. The van der Waals surface area contributed by atoms with Crippen LogP contribution in [0, 0.1) is 5.41 Å². The molecule has 2 heterocycles. The van der Waals surface area contributed by atoms with Gasteiger partial charge in [-0.2, -0.15) is 0 Å². The van der Waals surface area contributed by atoms with Gasteiger partial charge in [0.05, 0.1) is 0 Å². The Hall–Kier alpha value is -0.610. The number of rotatable bonds is 6. The van der Waals surface area contributed by atoms with Gasteiger partial charge >= 0.3 is 0 Å². The zero-order chi connectivity index (χ0) is 16.3. The molecule has 3 nitrogen and oxygen atoms in total. The molecule has 2 aliphatic rings. The molecule has 0 aromatic heterocycles. The molecule has 1 N–H and O–H groups in total. The van der Waals surface area contributed by atoms with Gasteiger partial charge in [0, 0.05) is 38.3 Å². The Balaban J connectivity index is 0.00000208. The predicted molar refractivity (Wildman–Crippen MR) is 105 cm³/mol. The summed E-state index contributed by atoms with van der Waals surface area (Å²) in [7, 11) is 0. The minimum Gasteiger partial charge on any atom is -0.316 e. The van der Waals surface area contributed by atoms with Crippen molar-refractivity contribution in [3.05, 3.63) is 35.9 Å². The van der Waals surface area contributed by atoms with Crippen molar-refractivity contribution < 1.29 is 0 Å². The van der Waals surface area contributed by atoms with Gasteiger partial charge in [0.2, 0.25) is 0 Å². The average molecular weight is 352 g/mol. The third-order valence-electron chi connectivity index (χ3n) is 5.99. The topological polar surface area (TPSA) is 18.5 Å². The summed E-state index contributed by atoms with van der Waals surface area (Å²) in [6.07, 6.45) is 2.63. The maximum Gasteiger partial charge on any atom is 0.0320 e. The van der Waals surface area contributed by atoms with E-state index in [1.807, 2.05) is 0 Å². The Bertz CT molecular complexity index is 487. The van der Waals surface area contributed by atoms with Crippen LogP contribution in [0.2, 0.25) is 0 Å². The van der Waals surface area contributed by atoms with E-state index < -0.39 is 0 Å². The van der Waals surface area contributed by atoms with Crippen LogP contribution >= 0.6 is 12.4 Å². The van der Waals surface area contributed by atoms with Gasteiger partial charge in [-0.1, -0.05) is 44.2 Å². The molecule has 2 aliphatic heterocycles. The minimum atomic E-state index is 0. The van der Waals surface area contributed by atoms with E-state index in [2.05, 4.69) is 66.2 Å². The van der Waals surface area contributed by atoms with Gasteiger partial charge in [0.25, 0.3) is 0 Å². The van der Waals surface area contributed by atoms with Crippen LogP contribution in [0.15, 0.2) is 30.3 Å². The van der Waals surface area contributed by atoms with Gasteiger partial charge in [-0.15, -0.1) is 12.4 Å². The Kier molecular flexibility index (Phi) is 7.11. The summed E-state index contributed by atoms with van der Waals surface area (Å²) in [5.41, 5.74) is 1.91. The first-order valence-corrected chi connectivity index (χ1v) is 9.35. The monoisotopic (exact) mass is 351 g/mol. The van der Waals surface area contributed by atoms with Gasteiger partial charge in [0.15, 0.2) is 0 Å². The van der Waals surface area contributed by atoms with Crippen molar-refractivity contribution in [2.24, 2.45) is 5.41 Å². The van der Waals surface area contributed by atoms with Crippen molar-refractivity contribution in [2.75, 3.05) is 39.3 Å². The number of hydrogen-bond donors (Lipinski definition) is 1. The van der Waals surface area contributed by atoms with Crippen LogP contribution in [0.3, 0.4) is 0 Å². The SMILES string of the molecule is CCN(CC1(C)CCNC1)C1CCN(C(C)c2ccccc2)C1.Cl. The zero-order valence-electron chi connectivity index (χ0n) is 15.5. The van der Waals surface area contributed by atoms with E-state index in [0.29, 0.717) is 11.5 Å². The first kappa shape index (κ1) is 19.7. The quantitative estimate of drug-likeness (QED) is 0.845. The number of nitrogens with zero attached hydrogens (tertiary/aromatic N) is 2. The van der Waals surface area contributed by atoms with Gasteiger partial charge < -0.3 is 5.32 Å². The van der Waals surface area contributed by atoms with Gasteiger partial charge in [-0.3, -0.25) is 9.80 Å². The molecule has 3 rings (SSSR count). The molecular formula is C20H34ClN3. The lowest BCUT2D eigenvalue weighted by atomic mass is 9.88. The van der Waals surface area contributed by atoms with E-state index >= 15 is 0 Å². The van der Waals surface area contributed by atoms with E-state index in [4.69, 9.17) is 0 Å². The molecule has 3 unspecified atom stereocenters. The van der Waals surface area contributed by atoms with Crippen molar-refractivity contribution in [1.82, 2.24) is 15.1 Å².